The molecular weight excluding hydrogens is 516 g/mol. The van der Waals surface area contributed by atoms with Gasteiger partial charge in [0, 0.05) is 38.2 Å². The van der Waals surface area contributed by atoms with Gasteiger partial charge in [0.15, 0.2) is 0 Å². The van der Waals surface area contributed by atoms with Gasteiger partial charge in [0.1, 0.15) is 6.04 Å². The molecule has 1 aliphatic heterocycles. The molecule has 212 valence electrons. The lowest BCUT2D eigenvalue weighted by molar-refractivity contribution is -0.132. The number of aliphatic hydroxyl groups excluding tert-OH is 1. The molecule has 0 spiro atoms. The second-order valence-electron chi connectivity index (χ2n) is 10.7. The number of nitrogens with zero attached hydrogens (tertiary/aromatic N) is 1. The first-order chi connectivity index (χ1) is 19.9. The van der Waals surface area contributed by atoms with Crippen molar-refractivity contribution in [1.29, 1.82) is 0 Å². The molecule has 4 aromatic rings. The van der Waals surface area contributed by atoms with Crippen LogP contribution >= 0.6 is 0 Å². The monoisotopic (exact) mass is 552 g/mol. The molecule has 0 bridgehead atoms. The van der Waals surface area contributed by atoms with Crippen molar-refractivity contribution in [2.24, 2.45) is 11.7 Å². The number of likely N-dealkylation sites (tertiary alicyclic amines) is 1. The number of nitrogens with one attached hydrogen (secondary N) is 2. The van der Waals surface area contributed by atoms with E-state index < -0.39 is 24.0 Å². The van der Waals surface area contributed by atoms with Crippen LogP contribution in [0.2, 0.25) is 0 Å². The zero-order valence-electron chi connectivity index (χ0n) is 23.0. The third-order valence-corrected chi connectivity index (χ3v) is 7.77. The molecule has 8 heteroatoms. The molecule has 3 unspecified atom stereocenters. The van der Waals surface area contributed by atoms with E-state index in [9.17, 15) is 19.5 Å². The summed E-state index contributed by atoms with van der Waals surface area (Å²) in [5.74, 6) is -1.19. The molecule has 1 heterocycles. The number of carbonyl (C=O) groups is 3. The molecule has 1 aliphatic rings. The highest BCUT2D eigenvalue weighted by molar-refractivity contribution is 6.07. The van der Waals surface area contributed by atoms with Crippen LogP contribution in [0.25, 0.3) is 21.5 Å². The average molecular weight is 553 g/mol. The number of fused-ring (bicyclic) bond motifs is 2. The Hall–Kier alpha value is -4.27. The molecule has 0 aliphatic carbocycles. The van der Waals surface area contributed by atoms with Crippen molar-refractivity contribution in [1.82, 2.24) is 15.5 Å². The van der Waals surface area contributed by atoms with Crippen molar-refractivity contribution >= 4 is 39.3 Å². The van der Waals surface area contributed by atoms with Crippen LogP contribution in [0.4, 0.5) is 0 Å². The molecule has 0 saturated carbocycles. The van der Waals surface area contributed by atoms with Gasteiger partial charge in [-0.2, -0.15) is 0 Å². The number of piperidine rings is 1. The quantitative estimate of drug-likeness (QED) is 0.254. The van der Waals surface area contributed by atoms with Gasteiger partial charge in [-0.15, -0.1) is 0 Å². The maximum absolute atomic E-state index is 13.5. The van der Waals surface area contributed by atoms with E-state index in [0.29, 0.717) is 24.9 Å². The largest absolute Gasteiger partial charge is 0.390 e. The zero-order valence-corrected chi connectivity index (χ0v) is 23.0. The lowest BCUT2D eigenvalue weighted by atomic mass is 9.94. The van der Waals surface area contributed by atoms with Crippen molar-refractivity contribution in [3.8, 4) is 0 Å². The first-order valence-electron chi connectivity index (χ1n) is 14.1. The van der Waals surface area contributed by atoms with Gasteiger partial charge in [-0.25, -0.2) is 0 Å². The van der Waals surface area contributed by atoms with Crippen molar-refractivity contribution in [3.05, 3.63) is 96.1 Å². The number of carbonyl (C=O) groups excluding carboxylic acids is 3. The first kappa shape index (κ1) is 28.3. The van der Waals surface area contributed by atoms with Crippen LogP contribution in [-0.4, -0.2) is 66.1 Å². The molecule has 3 atom stereocenters. The van der Waals surface area contributed by atoms with Crippen molar-refractivity contribution in [3.63, 3.8) is 0 Å². The van der Waals surface area contributed by atoms with Gasteiger partial charge >= 0.3 is 0 Å². The summed E-state index contributed by atoms with van der Waals surface area (Å²) in [4.78, 5) is 42.0. The van der Waals surface area contributed by atoms with E-state index in [-0.39, 0.29) is 37.9 Å². The third-order valence-electron chi connectivity index (χ3n) is 7.77. The molecule has 1 saturated heterocycles. The van der Waals surface area contributed by atoms with Crippen molar-refractivity contribution in [2.75, 3.05) is 26.2 Å². The van der Waals surface area contributed by atoms with E-state index in [1.807, 2.05) is 84.9 Å². The van der Waals surface area contributed by atoms with Gasteiger partial charge in [-0.1, -0.05) is 78.9 Å². The second kappa shape index (κ2) is 12.9. The Kier molecular flexibility index (Phi) is 8.91. The Morgan fingerprint density at radius 2 is 1.66 bits per heavy atom. The van der Waals surface area contributed by atoms with Crippen LogP contribution < -0.4 is 16.4 Å². The van der Waals surface area contributed by atoms with Crippen LogP contribution in [-0.2, 0) is 16.0 Å². The number of hydrogen-bond acceptors (Lipinski definition) is 5. The van der Waals surface area contributed by atoms with Crippen LogP contribution in [0.15, 0.2) is 84.9 Å². The molecule has 3 amide bonds. The highest BCUT2D eigenvalue weighted by Crippen LogP contribution is 2.24. The van der Waals surface area contributed by atoms with E-state index in [2.05, 4.69) is 10.6 Å². The van der Waals surface area contributed by atoms with Crippen molar-refractivity contribution < 1.29 is 19.5 Å². The molecule has 4 aromatic carbocycles. The van der Waals surface area contributed by atoms with Crippen LogP contribution in [0, 0.1) is 5.92 Å². The molecular formula is C33H36N4O4. The Morgan fingerprint density at radius 1 is 0.927 bits per heavy atom. The summed E-state index contributed by atoms with van der Waals surface area (Å²) in [6.07, 6.45) is 0.732. The second-order valence-corrected chi connectivity index (χ2v) is 10.7. The van der Waals surface area contributed by atoms with E-state index in [0.717, 1.165) is 27.1 Å². The van der Waals surface area contributed by atoms with Crippen LogP contribution in [0.5, 0.6) is 0 Å². The Balaban J connectivity index is 1.30. The summed E-state index contributed by atoms with van der Waals surface area (Å²) in [5, 5.41) is 19.5. The minimum atomic E-state index is -0.872. The van der Waals surface area contributed by atoms with E-state index in [4.69, 9.17) is 5.73 Å². The summed E-state index contributed by atoms with van der Waals surface area (Å²) in [5.41, 5.74) is 7.02. The Bertz CT molecular complexity index is 1550. The topological polar surface area (TPSA) is 125 Å². The van der Waals surface area contributed by atoms with E-state index >= 15 is 0 Å². The molecule has 41 heavy (non-hydrogen) atoms. The predicted molar refractivity (Wildman–Crippen MR) is 160 cm³/mol. The molecule has 0 aromatic heterocycles. The Labute approximate surface area is 239 Å². The molecule has 5 N–H and O–H groups in total. The fraction of sp³-hybridized carbons (Fsp3) is 0.303. The van der Waals surface area contributed by atoms with Gasteiger partial charge in [0.25, 0.3) is 5.91 Å². The smallest absolute Gasteiger partial charge is 0.254 e. The summed E-state index contributed by atoms with van der Waals surface area (Å²) < 4.78 is 0. The lowest BCUT2D eigenvalue weighted by Crippen LogP contribution is -2.53. The molecule has 0 radical (unpaired) electrons. The molecule has 8 nitrogen and oxygen atoms in total. The first-order valence-corrected chi connectivity index (χ1v) is 14.1. The summed E-state index contributed by atoms with van der Waals surface area (Å²) in [7, 11) is 0. The zero-order chi connectivity index (χ0) is 28.8. The average Bonchev–Trinajstić information content (AvgIpc) is 3.02. The van der Waals surface area contributed by atoms with Gasteiger partial charge in [-0.05, 0) is 46.0 Å². The standard InChI is InChI=1S/C33H36N4O4/c34-19-27(38)20-35-32(40)30(18-22-14-15-23-7-1-2-9-25(23)17-22)36-31(39)26-11-6-16-37(21-26)33(41)29-13-5-10-24-8-3-4-12-28(24)29/h1-5,7-10,12-15,17,26-27,30,38H,6,11,16,18-21,34H2,(H,35,40)(H,36,39). The number of aliphatic hydroxyl groups is 1. The van der Waals surface area contributed by atoms with Gasteiger partial charge in [0.05, 0.1) is 12.0 Å². The highest BCUT2D eigenvalue weighted by atomic mass is 16.3. The lowest BCUT2D eigenvalue weighted by Gasteiger charge is -2.33. The predicted octanol–water partition coefficient (Wildman–Crippen LogP) is 3.01. The minimum absolute atomic E-state index is 0.00381. The highest BCUT2D eigenvalue weighted by Gasteiger charge is 2.32. The van der Waals surface area contributed by atoms with Gasteiger partial charge in [0.2, 0.25) is 11.8 Å². The summed E-state index contributed by atoms with van der Waals surface area (Å²) >= 11 is 0. The van der Waals surface area contributed by atoms with E-state index in [1.54, 1.807) is 4.90 Å². The number of benzene rings is 4. The van der Waals surface area contributed by atoms with Gasteiger partial charge in [-0.3, -0.25) is 14.4 Å². The fourth-order valence-corrected chi connectivity index (χ4v) is 5.48. The number of amides is 3. The molecule has 1 fully saturated rings. The fourth-order valence-electron chi connectivity index (χ4n) is 5.48. The SMILES string of the molecule is NCC(O)CNC(=O)C(Cc1ccc2ccccc2c1)NC(=O)C1CCCN(C(=O)c2cccc3ccccc23)C1. The maximum atomic E-state index is 13.5. The van der Waals surface area contributed by atoms with E-state index in [1.165, 1.54) is 0 Å². The van der Waals surface area contributed by atoms with Crippen LogP contribution in [0.3, 0.4) is 0 Å². The van der Waals surface area contributed by atoms with Crippen LogP contribution in [0.1, 0.15) is 28.8 Å². The minimum Gasteiger partial charge on any atom is -0.390 e. The normalized spacial score (nSPS) is 16.7. The maximum Gasteiger partial charge on any atom is 0.254 e. The van der Waals surface area contributed by atoms with Gasteiger partial charge < -0.3 is 26.4 Å². The third kappa shape index (κ3) is 6.73. The Morgan fingerprint density at radius 3 is 2.46 bits per heavy atom. The summed E-state index contributed by atoms with van der Waals surface area (Å²) in [6, 6.07) is 26.5. The number of nitrogens with two attached hydrogens (primary N) is 1. The van der Waals surface area contributed by atoms with Crippen molar-refractivity contribution in [2.45, 2.75) is 31.4 Å². The molecule has 5 rings (SSSR count). The number of hydrogen-bond donors (Lipinski definition) is 4. The number of rotatable bonds is 9. The summed E-state index contributed by atoms with van der Waals surface area (Å²) in [6.45, 7) is 0.870.